The number of rotatable bonds is 2. The molecule has 28 heavy (non-hydrogen) atoms. The molecule has 0 bridgehead atoms. The number of halogens is 1. The Labute approximate surface area is 160 Å². The average molecular weight is 379 g/mol. The first-order valence-electron chi connectivity index (χ1n) is 8.94. The normalized spacial score (nSPS) is 14.4. The van der Waals surface area contributed by atoms with Crippen LogP contribution in [0.3, 0.4) is 0 Å². The number of amides is 2. The molecule has 1 aliphatic rings. The Balaban J connectivity index is 1.52. The van der Waals surface area contributed by atoms with Crippen LogP contribution in [-0.2, 0) is 0 Å². The zero-order valence-corrected chi connectivity index (χ0v) is 15.3. The van der Waals surface area contributed by atoms with Crippen LogP contribution in [0.1, 0.15) is 26.5 Å². The number of hydrogen-bond acceptors (Lipinski definition) is 5. The second-order valence-electron chi connectivity index (χ2n) is 6.65. The number of nitrogens with zero attached hydrogens (tertiary/aromatic N) is 5. The SMILES string of the molecule is Cc1cc(C(=O)N2CCN(C(=O)c3cnccn3)CC2)c2ccc(F)cc2n1. The minimum absolute atomic E-state index is 0.145. The number of aromatic nitrogens is 3. The molecule has 142 valence electrons. The van der Waals surface area contributed by atoms with Crippen molar-refractivity contribution in [3.63, 3.8) is 0 Å². The van der Waals surface area contributed by atoms with Gasteiger partial charge in [0.15, 0.2) is 0 Å². The molecule has 0 aliphatic carbocycles. The lowest BCUT2D eigenvalue weighted by molar-refractivity contribution is 0.0533. The number of fused-ring (bicyclic) bond motifs is 1. The van der Waals surface area contributed by atoms with Gasteiger partial charge in [-0.25, -0.2) is 9.37 Å². The van der Waals surface area contributed by atoms with Gasteiger partial charge in [0.25, 0.3) is 11.8 Å². The molecule has 0 N–H and O–H groups in total. The van der Waals surface area contributed by atoms with E-state index in [0.717, 1.165) is 0 Å². The summed E-state index contributed by atoms with van der Waals surface area (Å²) < 4.78 is 13.5. The highest BCUT2D eigenvalue weighted by Gasteiger charge is 2.27. The quantitative estimate of drug-likeness (QED) is 0.681. The van der Waals surface area contributed by atoms with Crippen molar-refractivity contribution in [2.24, 2.45) is 0 Å². The summed E-state index contributed by atoms with van der Waals surface area (Å²) in [4.78, 5) is 41.2. The van der Waals surface area contributed by atoms with Gasteiger partial charge in [-0.2, -0.15) is 0 Å². The molecule has 3 aromatic rings. The number of benzene rings is 1. The van der Waals surface area contributed by atoms with Gasteiger partial charge in [-0.05, 0) is 25.1 Å². The maximum atomic E-state index is 13.5. The van der Waals surface area contributed by atoms with Crippen LogP contribution in [0.2, 0.25) is 0 Å². The molecule has 1 aliphatic heterocycles. The summed E-state index contributed by atoms with van der Waals surface area (Å²) in [7, 11) is 0. The van der Waals surface area contributed by atoms with Crippen molar-refractivity contribution in [1.29, 1.82) is 0 Å². The summed E-state index contributed by atoms with van der Waals surface area (Å²) in [5.74, 6) is -0.727. The van der Waals surface area contributed by atoms with E-state index in [0.29, 0.717) is 54.0 Å². The van der Waals surface area contributed by atoms with Crippen LogP contribution < -0.4 is 0 Å². The molecule has 3 heterocycles. The lowest BCUT2D eigenvalue weighted by atomic mass is 10.1. The Bertz CT molecular complexity index is 1040. The fraction of sp³-hybridized carbons (Fsp3) is 0.250. The first-order valence-corrected chi connectivity index (χ1v) is 8.94. The molecule has 8 heteroatoms. The fourth-order valence-corrected chi connectivity index (χ4v) is 3.37. The minimum atomic E-state index is -0.389. The lowest BCUT2D eigenvalue weighted by Crippen LogP contribution is -2.50. The third-order valence-corrected chi connectivity index (χ3v) is 4.77. The van der Waals surface area contributed by atoms with Gasteiger partial charge < -0.3 is 9.80 Å². The summed E-state index contributed by atoms with van der Waals surface area (Å²) >= 11 is 0. The average Bonchev–Trinajstić information content (AvgIpc) is 2.72. The molecular weight excluding hydrogens is 361 g/mol. The molecule has 0 unspecified atom stereocenters. The van der Waals surface area contributed by atoms with Crippen molar-refractivity contribution >= 4 is 22.7 Å². The zero-order valence-electron chi connectivity index (χ0n) is 15.3. The molecule has 1 fully saturated rings. The maximum Gasteiger partial charge on any atom is 0.274 e. The Kier molecular flexibility index (Phi) is 4.68. The van der Waals surface area contributed by atoms with E-state index in [9.17, 15) is 14.0 Å². The zero-order chi connectivity index (χ0) is 19.7. The van der Waals surface area contributed by atoms with Crippen molar-refractivity contribution < 1.29 is 14.0 Å². The van der Waals surface area contributed by atoms with Crippen LogP contribution in [-0.4, -0.2) is 62.7 Å². The summed E-state index contributed by atoms with van der Waals surface area (Å²) in [6.45, 7) is 3.43. The van der Waals surface area contributed by atoms with Crippen LogP contribution in [0.15, 0.2) is 42.9 Å². The van der Waals surface area contributed by atoms with Crippen molar-refractivity contribution in [2.75, 3.05) is 26.2 Å². The van der Waals surface area contributed by atoms with E-state index in [-0.39, 0.29) is 17.6 Å². The van der Waals surface area contributed by atoms with Crippen molar-refractivity contribution in [2.45, 2.75) is 6.92 Å². The standard InChI is InChI=1S/C20H18FN5O2/c1-13-10-16(15-3-2-14(21)11-17(15)24-13)19(27)25-6-8-26(9-7-25)20(28)18-12-22-4-5-23-18/h2-5,10-12H,6-9H2,1H3. The monoisotopic (exact) mass is 379 g/mol. The number of aryl methyl sites for hydroxylation is 1. The van der Waals surface area contributed by atoms with E-state index in [2.05, 4.69) is 15.0 Å². The molecule has 0 atom stereocenters. The molecule has 0 spiro atoms. The number of carbonyl (C=O) groups is 2. The van der Waals surface area contributed by atoms with Crippen molar-refractivity contribution in [1.82, 2.24) is 24.8 Å². The molecule has 2 amide bonds. The number of hydrogen-bond donors (Lipinski definition) is 0. The third kappa shape index (κ3) is 3.40. The molecule has 4 rings (SSSR count). The Morgan fingerprint density at radius 3 is 2.39 bits per heavy atom. The predicted octanol–water partition coefficient (Wildman–Crippen LogP) is 2.07. The number of carbonyl (C=O) groups excluding carboxylic acids is 2. The van der Waals surface area contributed by atoms with Gasteiger partial charge in [-0.15, -0.1) is 0 Å². The lowest BCUT2D eigenvalue weighted by Gasteiger charge is -2.34. The van der Waals surface area contributed by atoms with Gasteiger partial charge in [-0.3, -0.25) is 19.6 Å². The highest BCUT2D eigenvalue weighted by molar-refractivity contribution is 6.06. The third-order valence-electron chi connectivity index (χ3n) is 4.77. The van der Waals surface area contributed by atoms with Gasteiger partial charge in [-0.1, -0.05) is 0 Å². The second kappa shape index (κ2) is 7.30. The predicted molar refractivity (Wildman–Crippen MR) is 100 cm³/mol. The molecular formula is C20H18FN5O2. The first kappa shape index (κ1) is 18.0. The maximum absolute atomic E-state index is 13.5. The van der Waals surface area contributed by atoms with Gasteiger partial charge in [0.05, 0.1) is 17.3 Å². The van der Waals surface area contributed by atoms with Crippen LogP contribution in [0.25, 0.3) is 10.9 Å². The first-order chi connectivity index (χ1) is 13.5. The largest absolute Gasteiger partial charge is 0.335 e. The van der Waals surface area contributed by atoms with E-state index in [1.54, 1.807) is 28.9 Å². The minimum Gasteiger partial charge on any atom is -0.335 e. The molecule has 0 saturated carbocycles. The van der Waals surface area contributed by atoms with Crippen LogP contribution in [0.5, 0.6) is 0 Å². The van der Waals surface area contributed by atoms with Gasteiger partial charge in [0.1, 0.15) is 11.5 Å². The fourth-order valence-electron chi connectivity index (χ4n) is 3.37. The highest BCUT2D eigenvalue weighted by Crippen LogP contribution is 2.22. The van der Waals surface area contributed by atoms with Crippen molar-refractivity contribution in [3.05, 3.63) is 65.6 Å². The molecule has 7 nitrogen and oxygen atoms in total. The Morgan fingerprint density at radius 1 is 1.00 bits per heavy atom. The van der Waals surface area contributed by atoms with Gasteiger partial charge in [0.2, 0.25) is 0 Å². The van der Waals surface area contributed by atoms with Gasteiger partial charge in [0, 0.05) is 55.7 Å². The molecule has 1 aromatic carbocycles. The van der Waals surface area contributed by atoms with Gasteiger partial charge >= 0.3 is 0 Å². The highest BCUT2D eigenvalue weighted by atomic mass is 19.1. The topological polar surface area (TPSA) is 79.3 Å². The summed E-state index contributed by atoms with van der Waals surface area (Å²) in [6.07, 6.45) is 4.43. The van der Waals surface area contributed by atoms with Crippen LogP contribution in [0.4, 0.5) is 4.39 Å². The Morgan fingerprint density at radius 2 is 1.71 bits per heavy atom. The van der Waals surface area contributed by atoms with E-state index in [1.807, 2.05) is 0 Å². The van der Waals surface area contributed by atoms with E-state index in [4.69, 9.17) is 0 Å². The van der Waals surface area contributed by atoms with E-state index in [1.165, 1.54) is 30.7 Å². The number of piperazine rings is 1. The Hall–Kier alpha value is -3.42. The second-order valence-corrected chi connectivity index (χ2v) is 6.65. The smallest absolute Gasteiger partial charge is 0.274 e. The summed E-state index contributed by atoms with van der Waals surface area (Å²) in [5, 5.41) is 0.620. The van der Waals surface area contributed by atoms with Crippen LogP contribution >= 0.6 is 0 Å². The number of pyridine rings is 1. The van der Waals surface area contributed by atoms with Crippen molar-refractivity contribution in [3.8, 4) is 0 Å². The van der Waals surface area contributed by atoms with Crippen LogP contribution in [0, 0.1) is 12.7 Å². The van der Waals surface area contributed by atoms with E-state index >= 15 is 0 Å². The molecule has 2 aromatic heterocycles. The summed E-state index contributed by atoms with van der Waals surface area (Å²) in [6, 6.07) is 5.96. The summed E-state index contributed by atoms with van der Waals surface area (Å²) in [5.41, 5.74) is 1.90. The molecule has 1 saturated heterocycles. The van der Waals surface area contributed by atoms with E-state index < -0.39 is 0 Å². The molecule has 0 radical (unpaired) electrons.